The first-order valence-electron chi connectivity index (χ1n) is 6.15. The summed E-state index contributed by atoms with van der Waals surface area (Å²) in [5.74, 6) is 0.170. The number of hydrogen-bond acceptors (Lipinski definition) is 3. The third-order valence-corrected chi connectivity index (χ3v) is 2.55. The molecule has 0 aromatic carbocycles. The van der Waals surface area contributed by atoms with E-state index in [1.54, 1.807) is 0 Å². The molecule has 0 heterocycles. The van der Waals surface area contributed by atoms with Gasteiger partial charge in [0.2, 0.25) is 5.91 Å². The van der Waals surface area contributed by atoms with Crippen LogP contribution in [0.5, 0.6) is 0 Å². The predicted octanol–water partition coefficient (Wildman–Crippen LogP) is 1.12. The first kappa shape index (κ1) is 15.4. The van der Waals surface area contributed by atoms with Gasteiger partial charge in [-0.2, -0.15) is 0 Å². The SMILES string of the molecule is CC(N)CCCC(=O)N(CCCO)C(C)C. The summed E-state index contributed by atoms with van der Waals surface area (Å²) in [6.07, 6.45) is 2.94. The number of amides is 1. The van der Waals surface area contributed by atoms with E-state index in [0.29, 0.717) is 19.4 Å². The third kappa shape index (κ3) is 6.80. The molecule has 0 aromatic heterocycles. The first-order valence-corrected chi connectivity index (χ1v) is 6.15. The van der Waals surface area contributed by atoms with Crippen molar-refractivity contribution >= 4 is 5.91 Å². The molecule has 4 nitrogen and oxygen atoms in total. The highest BCUT2D eigenvalue weighted by Gasteiger charge is 2.15. The van der Waals surface area contributed by atoms with Gasteiger partial charge in [0.15, 0.2) is 0 Å². The van der Waals surface area contributed by atoms with Crippen LogP contribution < -0.4 is 5.73 Å². The molecule has 96 valence electrons. The van der Waals surface area contributed by atoms with E-state index in [1.165, 1.54) is 0 Å². The molecule has 3 N–H and O–H groups in total. The monoisotopic (exact) mass is 230 g/mol. The Labute approximate surface area is 98.8 Å². The molecule has 0 fully saturated rings. The molecular weight excluding hydrogens is 204 g/mol. The molecule has 0 saturated heterocycles. The maximum absolute atomic E-state index is 11.9. The van der Waals surface area contributed by atoms with Gasteiger partial charge in [-0.3, -0.25) is 4.79 Å². The largest absolute Gasteiger partial charge is 0.396 e. The van der Waals surface area contributed by atoms with E-state index in [1.807, 2.05) is 25.7 Å². The van der Waals surface area contributed by atoms with Crippen LogP contribution in [0, 0.1) is 0 Å². The van der Waals surface area contributed by atoms with Gasteiger partial charge in [0.25, 0.3) is 0 Å². The minimum atomic E-state index is 0.135. The van der Waals surface area contributed by atoms with Gasteiger partial charge in [-0.15, -0.1) is 0 Å². The summed E-state index contributed by atoms with van der Waals surface area (Å²) in [6, 6.07) is 0.368. The fourth-order valence-electron chi connectivity index (χ4n) is 1.63. The summed E-state index contributed by atoms with van der Waals surface area (Å²) in [5, 5.41) is 8.77. The van der Waals surface area contributed by atoms with E-state index >= 15 is 0 Å². The van der Waals surface area contributed by atoms with E-state index in [-0.39, 0.29) is 24.6 Å². The standard InChI is InChI=1S/C12H26N2O2/c1-10(2)14(8-5-9-15)12(16)7-4-6-11(3)13/h10-11,15H,4-9,13H2,1-3H3. The number of nitrogens with zero attached hydrogens (tertiary/aromatic N) is 1. The molecule has 1 amide bonds. The van der Waals surface area contributed by atoms with Crippen molar-refractivity contribution in [3.05, 3.63) is 0 Å². The van der Waals surface area contributed by atoms with Crippen LogP contribution in [-0.4, -0.2) is 41.1 Å². The van der Waals surface area contributed by atoms with Crippen molar-refractivity contribution in [2.45, 2.75) is 58.5 Å². The summed E-state index contributed by atoms with van der Waals surface area (Å²) in [5.41, 5.74) is 5.64. The molecule has 0 radical (unpaired) electrons. The van der Waals surface area contributed by atoms with Crippen molar-refractivity contribution < 1.29 is 9.90 Å². The lowest BCUT2D eigenvalue weighted by Crippen LogP contribution is -2.38. The van der Waals surface area contributed by atoms with E-state index < -0.39 is 0 Å². The van der Waals surface area contributed by atoms with Gasteiger partial charge in [0, 0.05) is 31.7 Å². The molecule has 1 atom stereocenters. The van der Waals surface area contributed by atoms with Crippen molar-refractivity contribution in [2.75, 3.05) is 13.2 Å². The van der Waals surface area contributed by atoms with Crippen molar-refractivity contribution in [1.29, 1.82) is 0 Å². The molecule has 0 aliphatic rings. The lowest BCUT2D eigenvalue weighted by Gasteiger charge is -2.26. The summed E-state index contributed by atoms with van der Waals surface area (Å²) in [4.78, 5) is 13.7. The van der Waals surface area contributed by atoms with Crippen LogP contribution in [-0.2, 0) is 4.79 Å². The Morgan fingerprint density at radius 1 is 1.31 bits per heavy atom. The van der Waals surface area contributed by atoms with Crippen molar-refractivity contribution in [2.24, 2.45) is 5.73 Å². The summed E-state index contributed by atoms with van der Waals surface area (Å²) >= 11 is 0. The fraction of sp³-hybridized carbons (Fsp3) is 0.917. The maximum Gasteiger partial charge on any atom is 0.222 e. The van der Waals surface area contributed by atoms with Crippen LogP contribution in [0.15, 0.2) is 0 Å². The van der Waals surface area contributed by atoms with Crippen LogP contribution in [0.4, 0.5) is 0 Å². The summed E-state index contributed by atoms with van der Waals surface area (Å²) in [6.45, 7) is 6.74. The predicted molar refractivity (Wildman–Crippen MR) is 66.1 cm³/mol. The van der Waals surface area contributed by atoms with Crippen LogP contribution in [0.3, 0.4) is 0 Å². The smallest absolute Gasteiger partial charge is 0.222 e. The van der Waals surface area contributed by atoms with Gasteiger partial charge in [-0.05, 0) is 40.0 Å². The molecule has 0 aliphatic heterocycles. The molecule has 4 heteroatoms. The third-order valence-electron chi connectivity index (χ3n) is 2.55. The summed E-state index contributed by atoms with van der Waals surface area (Å²) in [7, 11) is 0. The van der Waals surface area contributed by atoms with Crippen LogP contribution in [0.1, 0.15) is 46.5 Å². The first-order chi connectivity index (χ1) is 7.49. The number of aliphatic hydroxyl groups excluding tert-OH is 1. The molecule has 0 bridgehead atoms. The topological polar surface area (TPSA) is 66.6 Å². The second kappa shape index (κ2) is 8.53. The van der Waals surface area contributed by atoms with Crippen molar-refractivity contribution in [1.82, 2.24) is 4.90 Å². The lowest BCUT2D eigenvalue weighted by atomic mass is 10.1. The highest BCUT2D eigenvalue weighted by Crippen LogP contribution is 2.07. The summed E-state index contributed by atoms with van der Waals surface area (Å²) < 4.78 is 0. The Morgan fingerprint density at radius 2 is 1.94 bits per heavy atom. The molecule has 16 heavy (non-hydrogen) atoms. The number of nitrogens with two attached hydrogens (primary N) is 1. The molecule has 0 aliphatic carbocycles. The van der Waals surface area contributed by atoms with Gasteiger partial charge in [-0.25, -0.2) is 0 Å². The molecule has 1 unspecified atom stereocenters. The van der Waals surface area contributed by atoms with Gasteiger partial charge in [-0.1, -0.05) is 0 Å². The van der Waals surface area contributed by atoms with Crippen LogP contribution in [0.25, 0.3) is 0 Å². The van der Waals surface area contributed by atoms with E-state index in [2.05, 4.69) is 0 Å². The minimum absolute atomic E-state index is 0.135. The number of carbonyl (C=O) groups is 1. The highest BCUT2D eigenvalue weighted by molar-refractivity contribution is 5.76. The minimum Gasteiger partial charge on any atom is -0.396 e. The Bertz CT molecular complexity index is 193. The van der Waals surface area contributed by atoms with E-state index in [9.17, 15) is 4.79 Å². The normalized spacial score (nSPS) is 12.9. The molecule has 0 rings (SSSR count). The molecular formula is C12H26N2O2. The van der Waals surface area contributed by atoms with E-state index in [4.69, 9.17) is 10.8 Å². The second-order valence-electron chi connectivity index (χ2n) is 4.63. The Hall–Kier alpha value is -0.610. The number of hydrogen-bond donors (Lipinski definition) is 2. The molecule has 0 aromatic rings. The zero-order chi connectivity index (χ0) is 12.6. The second-order valence-corrected chi connectivity index (χ2v) is 4.63. The average Bonchev–Trinajstić information content (AvgIpc) is 2.17. The number of rotatable bonds is 8. The van der Waals surface area contributed by atoms with E-state index in [0.717, 1.165) is 12.8 Å². The average molecular weight is 230 g/mol. The Balaban J connectivity index is 3.97. The lowest BCUT2D eigenvalue weighted by molar-refractivity contribution is -0.133. The highest BCUT2D eigenvalue weighted by atomic mass is 16.3. The Kier molecular flexibility index (Phi) is 8.21. The maximum atomic E-state index is 11.9. The van der Waals surface area contributed by atoms with Crippen LogP contribution in [0.2, 0.25) is 0 Å². The van der Waals surface area contributed by atoms with Crippen LogP contribution >= 0.6 is 0 Å². The van der Waals surface area contributed by atoms with Gasteiger partial charge in [0.1, 0.15) is 0 Å². The molecule has 0 spiro atoms. The zero-order valence-electron chi connectivity index (χ0n) is 10.8. The van der Waals surface area contributed by atoms with Crippen molar-refractivity contribution in [3.63, 3.8) is 0 Å². The van der Waals surface area contributed by atoms with Gasteiger partial charge < -0.3 is 15.7 Å². The quantitative estimate of drug-likeness (QED) is 0.656. The fourth-order valence-corrected chi connectivity index (χ4v) is 1.63. The zero-order valence-corrected chi connectivity index (χ0v) is 10.8. The Morgan fingerprint density at radius 3 is 2.38 bits per heavy atom. The number of carbonyl (C=O) groups excluding carboxylic acids is 1. The van der Waals surface area contributed by atoms with Gasteiger partial charge in [0.05, 0.1) is 0 Å². The van der Waals surface area contributed by atoms with Gasteiger partial charge >= 0.3 is 0 Å². The molecule has 0 saturated carbocycles. The van der Waals surface area contributed by atoms with Crippen molar-refractivity contribution in [3.8, 4) is 0 Å². The number of aliphatic hydroxyl groups is 1.